The van der Waals surface area contributed by atoms with Gasteiger partial charge in [-0.2, -0.15) is 0 Å². The fraction of sp³-hybridized carbons (Fsp3) is 0.650. The van der Waals surface area contributed by atoms with E-state index in [9.17, 15) is 4.79 Å². The van der Waals surface area contributed by atoms with Crippen LogP contribution in [0, 0.1) is 5.92 Å². The molecule has 0 bridgehead atoms. The average Bonchev–Trinajstić information content (AvgIpc) is 3.57. The first kappa shape index (κ1) is 16.6. The van der Waals surface area contributed by atoms with E-state index in [4.69, 9.17) is 0 Å². The lowest BCUT2D eigenvalue weighted by Gasteiger charge is -2.31. The first-order chi connectivity index (χ1) is 12.7. The van der Waals surface area contributed by atoms with Gasteiger partial charge in [0.1, 0.15) is 0 Å². The van der Waals surface area contributed by atoms with Gasteiger partial charge in [0, 0.05) is 42.1 Å². The molecule has 1 aliphatic heterocycles. The van der Waals surface area contributed by atoms with Gasteiger partial charge in [0.2, 0.25) is 0 Å². The number of piperidine rings is 1. The molecule has 2 aromatic heterocycles. The Morgan fingerprint density at radius 3 is 2.50 bits per heavy atom. The second-order valence-electron chi connectivity index (χ2n) is 8.24. The largest absolute Gasteiger partial charge is 0.299 e. The second-order valence-corrected chi connectivity index (χ2v) is 9.38. The Morgan fingerprint density at radius 2 is 1.81 bits per heavy atom. The second kappa shape index (κ2) is 6.89. The van der Waals surface area contributed by atoms with Crippen molar-refractivity contribution in [3.63, 3.8) is 0 Å². The summed E-state index contributed by atoms with van der Waals surface area (Å²) in [6.45, 7) is 4.08. The molecule has 3 aliphatic rings. The standard InChI is InChI=1S/C20H26N4OS/c25-19-9-18(15-1-2-15)22-13-24(19)11-14-5-7-23(8-6-14)12-17-10-21-20(26-17)16-3-4-16/h9-10,13-16H,1-8,11-12H2. The van der Waals surface area contributed by atoms with Gasteiger partial charge in [0.15, 0.2) is 0 Å². The fourth-order valence-corrected chi connectivity index (χ4v) is 5.05. The number of rotatable bonds is 6. The average molecular weight is 371 g/mol. The van der Waals surface area contributed by atoms with Gasteiger partial charge >= 0.3 is 0 Å². The molecule has 3 heterocycles. The van der Waals surface area contributed by atoms with Gasteiger partial charge in [0.05, 0.1) is 17.0 Å². The van der Waals surface area contributed by atoms with E-state index in [1.807, 2.05) is 15.9 Å². The van der Waals surface area contributed by atoms with Crippen molar-refractivity contribution in [3.8, 4) is 0 Å². The highest BCUT2D eigenvalue weighted by Crippen LogP contribution is 2.42. The summed E-state index contributed by atoms with van der Waals surface area (Å²) in [6.07, 6.45) is 11.2. The third-order valence-electron chi connectivity index (χ3n) is 5.94. The quantitative estimate of drug-likeness (QED) is 0.782. The number of hydrogen-bond acceptors (Lipinski definition) is 5. The van der Waals surface area contributed by atoms with Crippen LogP contribution in [0.4, 0.5) is 0 Å². The minimum atomic E-state index is 0.126. The third-order valence-corrected chi connectivity index (χ3v) is 7.08. The first-order valence-electron chi connectivity index (χ1n) is 9.98. The van der Waals surface area contributed by atoms with E-state index < -0.39 is 0 Å². The summed E-state index contributed by atoms with van der Waals surface area (Å²) in [6, 6.07) is 1.76. The monoisotopic (exact) mass is 370 g/mol. The Morgan fingerprint density at radius 1 is 1.04 bits per heavy atom. The van der Waals surface area contributed by atoms with Crippen molar-refractivity contribution in [1.82, 2.24) is 19.4 Å². The van der Waals surface area contributed by atoms with Gasteiger partial charge in [-0.25, -0.2) is 9.97 Å². The van der Waals surface area contributed by atoms with Crippen LogP contribution < -0.4 is 5.56 Å². The Labute approximate surface area is 158 Å². The van der Waals surface area contributed by atoms with Crippen LogP contribution in [0.15, 0.2) is 23.4 Å². The van der Waals surface area contributed by atoms with Gasteiger partial charge in [-0.1, -0.05) is 0 Å². The van der Waals surface area contributed by atoms with Crippen LogP contribution in [-0.2, 0) is 13.1 Å². The highest BCUT2D eigenvalue weighted by atomic mass is 32.1. The maximum atomic E-state index is 12.3. The Hall–Kier alpha value is -1.53. The number of thiazole rings is 1. The maximum Gasteiger partial charge on any atom is 0.253 e. The van der Waals surface area contributed by atoms with E-state index in [-0.39, 0.29) is 5.56 Å². The van der Waals surface area contributed by atoms with Crippen LogP contribution in [-0.4, -0.2) is 32.5 Å². The van der Waals surface area contributed by atoms with E-state index >= 15 is 0 Å². The van der Waals surface area contributed by atoms with Gasteiger partial charge in [-0.15, -0.1) is 11.3 Å². The molecule has 0 amide bonds. The number of hydrogen-bond donors (Lipinski definition) is 0. The summed E-state index contributed by atoms with van der Waals surface area (Å²) in [7, 11) is 0. The van der Waals surface area contributed by atoms with E-state index in [1.165, 1.54) is 35.6 Å². The maximum absolute atomic E-state index is 12.3. The molecule has 0 radical (unpaired) electrons. The van der Waals surface area contributed by atoms with Gasteiger partial charge in [-0.3, -0.25) is 14.3 Å². The molecular weight excluding hydrogens is 344 g/mol. The zero-order valence-corrected chi connectivity index (χ0v) is 16.0. The lowest BCUT2D eigenvalue weighted by molar-refractivity contribution is 0.167. The summed E-state index contributed by atoms with van der Waals surface area (Å²) in [5.41, 5.74) is 1.12. The SMILES string of the molecule is O=c1cc(C2CC2)ncn1CC1CCN(Cc2cnc(C3CC3)s2)CC1. The van der Waals surface area contributed by atoms with Crippen LogP contribution in [0.5, 0.6) is 0 Å². The lowest BCUT2D eigenvalue weighted by Crippen LogP contribution is -2.35. The van der Waals surface area contributed by atoms with Crippen LogP contribution in [0.2, 0.25) is 0 Å². The molecule has 1 saturated heterocycles. The Balaban J connectivity index is 1.13. The number of nitrogens with zero attached hydrogens (tertiary/aromatic N) is 4. The summed E-state index contributed by atoms with van der Waals surface area (Å²) in [5, 5.41) is 1.34. The zero-order chi connectivity index (χ0) is 17.5. The van der Waals surface area contributed by atoms with Crippen LogP contribution in [0.25, 0.3) is 0 Å². The molecule has 6 heteroatoms. The number of likely N-dealkylation sites (tertiary alicyclic amines) is 1. The molecule has 3 fully saturated rings. The fourth-order valence-electron chi connectivity index (χ4n) is 3.92. The summed E-state index contributed by atoms with van der Waals surface area (Å²) in [4.78, 5) is 25.4. The molecule has 138 valence electrons. The zero-order valence-electron chi connectivity index (χ0n) is 15.1. The van der Waals surface area contributed by atoms with E-state index in [1.54, 1.807) is 12.4 Å². The van der Waals surface area contributed by atoms with Gasteiger partial charge in [0.25, 0.3) is 5.56 Å². The lowest BCUT2D eigenvalue weighted by atomic mass is 9.96. The molecule has 2 saturated carbocycles. The van der Waals surface area contributed by atoms with E-state index in [0.717, 1.165) is 50.6 Å². The van der Waals surface area contributed by atoms with Crippen LogP contribution in [0.1, 0.15) is 65.9 Å². The van der Waals surface area contributed by atoms with Crippen molar-refractivity contribution in [1.29, 1.82) is 0 Å². The minimum Gasteiger partial charge on any atom is -0.299 e. The highest BCUT2D eigenvalue weighted by Gasteiger charge is 2.28. The van der Waals surface area contributed by atoms with Crippen molar-refractivity contribution in [3.05, 3.63) is 44.5 Å². The van der Waals surface area contributed by atoms with E-state index in [2.05, 4.69) is 21.1 Å². The highest BCUT2D eigenvalue weighted by molar-refractivity contribution is 7.11. The van der Waals surface area contributed by atoms with Crippen molar-refractivity contribution in [2.45, 2.75) is 63.5 Å². The molecule has 5 nitrogen and oxygen atoms in total. The van der Waals surface area contributed by atoms with Crippen LogP contribution >= 0.6 is 11.3 Å². The molecule has 26 heavy (non-hydrogen) atoms. The van der Waals surface area contributed by atoms with Gasteiger partial charge in [-0.05, 0) is 57.5 Å². The summed E-state index contributed by atoms with van der Waals surface area (Å²) in [5.74, 6) is 1.89. The Bertz CT molecular complexity index is 828. The predicted molar refractivity (Wildman–Crippen MR) is 103 cm³/mol. The van der Waals surface area contributed by atoms with E-state index in [0.29, 0.717) is 11.8 Å². The molecule has 0 spiro atoms. The Kier molecular flexibility index (Phi) is 4.41. The predicted octanol–water partition coefficient (Wildman–Crippen LogP) is 3.37. The first-order valence-corrected chi connectivity index (χ1v) is 10.8. The summed E-state index contributed by atoms with van der Waals surface area (Å²) >= 11 is 1.90. The topological polar surface area (TPSA) is 51.0 Å². The third kappa shape index (κ3) is 3.76. The van der Waals surface area contributed by atoms with Crippen molar-refractivity contribution in [2.75, 3.05) is 13.1 Å². The molecule has 5 rings (SSSR count). The van der Waals surface area contributed by atoms with Gasteiger partial charge < -0.3 is 0 Å². The van der Waals surface area contributed by atoms with Crippen molar-refractivity contribution in [2.24, 2.45) is 5.92 Å². The smallest absolute Gasteiger partial charge is 0.253 e. The summed E-state index contributed by atoms with van der Waals surface area (Å²) < 4.78 is 1.82. The van der Waals surface area contributed by atoms with Crippen molar-refractivity contribution >= 4 is 11.3 Å². The molecule has 0 unspecified atom stereocenters. The number of aromatic nitrogens is 3. The molecule has 0 aromatic carbocycles. The van der Waals surface area contributed by atoms with Crippen LogP contribution in [0.3, 0.4) is 0 Å². The molecule has 0 atom stereocenters. The molecule has 0 N–H and O–H groups in total. The molecule has 2 aliphatic carbocycles. The molecular formula is C20H26N4OS. The molecule has 2 aromatic rings. The van der Waals surface area contributed by atoms with Crippen molar-refractivity contribution < 1.29 is 0 Å². The minimum absolute atomic E-state index is 0.126. The normalized spacial score (nSPS) is 22.0.